The van der Waals surface area contributed by atoms with Crippen LogP contribution in [0.25, 0.3) is 0 Å². The Bertz CT molecular complexity index is 644. The van der Waals surface area contributed by atoms with Crippen molar-refractivity contribution in [3.05, 3.63) is 71.8 Å². The minimum atomic E-state index is -0.423. The molecule has 4 heteroatoms. The number of hydrogen-bond donors (Lipinski definition) is 1. The third-order valence-corrected chi connectivity index (χ3v) is 5.58. The summed E-state index contributed by atoms with van der Waals surface area (Å²) < 4.78 is 6.00. The lowest BCUT2D eigenvalue weighted by molar-refractivity contribution is -0.0266. The Kier molecular flexibility index (Phi) is 10.0. The molecule has 2 aromatic rings. The van der Waals surface area contributed by atoms with Crippen molar-refractivity contribution in [1.29, 1.82) is 0 Å². The number of piperidine rings is 1. The number of aliphatic hydroxyl groups excluding tert-OH is 1. The van der Waals surface area contributed by atoms with Gasteiger partial charge in [-0.3, -0.25) is 0 Å². The minimum Gasteiger partial charge on any atom is -0.389 e. The topological polar surface area (TPSA) is 32.7 Å². The monoisotopic (exact) mass is 403 g/mol. The maximum atomic E-state index is 10.4. The molecule has 1 aliphatic heterocycles. The first kappa shape index (κ1) is 22.9. The van der Waals surface area contributed by atoms with Gasteiger partial charge in [-0.1, -0.05) is 67.6 Å². The summed E-state index contributed by atoms with van der Waals surface area (Å²) in [6.07, 6.45) is 4.16. The fraction of sp³-hybridized carbons (Fsp3) is 0.500. The average Bonchev–Trinajstić information content (AvgIpc) is 2.71. The number of likely N-dealkylation sites (tertiary alicyclic amines) is 1. The van der Waals surface area contributed by atoms with E-state index in [1.54, 1.807) is 0 Å². The molecule has 2 aromatic carbocycles. The van der Waals surface area contributed by atoms with Crippen molar-refractivity contribution in [2.75, 3.05) is 26.2 Å². The third-order valence-electron chi connectivity index (χ3n) is 5.58. The number of β-amino-alcohol motifs (C(OH)–C–C–N with tert-alkyl or cyclic N) is 1. The predicted octanol–water partition coefficient (Wildman–Crippen LogP) is 4.89. The first-order chi connectivity index (χ1) is 13.2. The summed E-state index contributed by atoms with van der Waals surface area (Å²) >= 11 is 0. The van der Waals surface area contributed by atoms with Gasteiger partial charge in [-0.05, 0) is 55.8 Å². The second kappa shape index (κ2) is 12.2. The summed E-state index contributed by atoms with van der Waals surface area (Å²) in [6, 6.07) is 21.1. The summed E-state index contributed by atoms with van der Waals surface area (Å²) in [5.41, 5.74) is 2.63. The normalized spacial score (nSPS) is 17.6. The van der Waals surface area contributed by atoms with Crippen molar-refractivity contribution in [3.8, 4) is 0 Å². The van der Waals surface area contributed by atoms with E-state index in [-0.39, 0.29) is 18.5 Å². The van der Waals surface area contributed by atoms with E-state index in [0.717, 1.165) is 25.4 Å². The molecule has 1 aliphatic rings. The minimum absolute atomic E-state index is 0. The fourth-order valence-electron chi connectivity index (χ4n) is 4.02. The smallest absolute Gasteiger partial charge is 0.0900 e. The Morgan fingerprint density at radius 3 is 2.21 bits per heavy atom. The number of rotatable bonds is 9. The highest BCUT2D eigenvalue weighted by atomic mass is 35.5. The van der Waals surface area contributed by atoms with Crippen molar-refractivity contribution in [2.24, 2.45) is 5.92 Å². The van der Waals surface area contributed by atoms with Crippen LogP contribution in [0.4, 0.5) is 0 Å². The Morgan fingerprint density at radius 2 is 1.61 bits per heavy atom. The zero-order valence-electron chi connectivity index (χ0n) is 16.9. The van der Waals surface area contributed by atoms with E-state index in [1.165, 1.54) is 30.4 Å². The molecule has 1 N–H and O–H groups in total. The van der Waals surface area contributed by atoms with Gasteiger partial charge in [0.25, 0.3) is 0 Å². The van der Waals surface area contributed by atoms with E-state index in [0.29, 0.717) is 13.2 Å². The summed E-state index contributed by atoms with van der Waals surface area (Å²) in [5.74, 6) is 0.764. The first-order valence-corrected chi connectivity index (χ1v) is 10.4. The molecular weight excluding hydrogens is 370 g/mol. The van der Waals surface area contributed by atoms with Crippen LogP contribution in [0.5, 0.6) is 0 Å². The maximum Gasteiger partial charge on any atom is 0.0900 e. The molecule has 0 saturated carbocycles. The molecule has 2 atom stereocenters. The van der Waals surface area contributed by atoms with E-state index in [2.05, 4.69) is 54.3 Å². The van der Waals surface area contributed by atoms with Gasteiger partial charge in [0.1, 0.15) is 0 Å². The molecular formula is C24H34ClNO2. The molecule has 3 nitrogen and oxygen atoms in total. The van der Waals surface area contributed by atoms with Gasteiger partial charge >= 0.3 is 0 Å². The van der Waals surface area contributed by atoms with E-state index in [1.807, 2.05) is 18.2 Å². The largest absolute Gasteiger partial charge is 0.389 e. The molecule has 1 saturated heterocycles. The maximum absolute atomic E-state index is 10.4. The first-order valence-electron chi connectivity index (χ1n) is 10.4. The van der Waals surface area contributed by atoms with Crippen LogP contribution in [0.2, 0.25) is 0 Å². The molecule has 1 fully saturated rings. The van der Waals surface area contributed by atoms with Crippen LogP contribution in [0.1, 0.15) is 43.4 Å². The lowest BCUT2D eigenvalue weighted by Crippen LogP contribution is -2.40. The van der Waals surface area contributed by atoms with Gasteiger partial charge in [0.15, 0.2) is 0 Å². The Balaban J connectivity index is 0.00000280. The van der Waals surface area contributed by atoms with Gasteiger partial charge < -0.3 is 14.7 Å². The SMILES string of the molecule is CCC(OCC(O)CN1CCC(Cc2ccccc2)CC1)c1ccccc1.Cl. The Labute approximate surface area is 176 Å². The summed E-state index contributed by atoms with van der Waals surface area (Å²) in [7, 11) is 0. The quantitative estimate of drug-likeness (QED) is 0.646. The molecule has 3 rings (SSSR count). The third kappa shape index (κ3) is 7.21. The van der Waals surface area contributed by atoms with Gasteiger partial charge in [-0.15, -0.1) is 12.4 Å². The molecule has 0 bridgehead atoms. The van der Waals surface area contributed by atoms with Crippen LogP contribution in [-0.4, -0.2) is 42.4 Å². The van der Waals surface area contributed by atoms with Crippen molar-refractivity contribution in [2.45, 2.75) is 44.8 Å². The van der Waals surface area contributed by atoms with Gasteiger partial charge in [0.2, 0.25) is 0 Å². The summed E-state index contributed by atoms with van der Waals surface area (Å²) in [5, 5.41) is 10.4. The second-order valence-electron chi connectivity index (χ2n) is 7.73. The molecule has 0 aromatic heterocycles. The average molecular weight is 404 g/mol. The van der Waals surface area contributed by atoms with Gasteiger partial charge in [-0.2, -0.15) is 0 Å². The van der Waals surface area contributed by atoms with Crippen LogP contribution in [0, 0.1) is 5.92 Å². The summed E-state index contributed by atoms with van der Waals surface area (Å²) in [6.45, 7) is 5.39. The van der Waals surface area contributed by atoms with E-state index in [9.17, 15) is 5.11 Å². The number of ether oxygens (including phenoxy) is 1. The Hall–Kier alpha value is -1.39. The number of benzene rings is 2. The van der Waals surface area contributed by atoms with Crippen LogP contribution in [-0.2, 0) is 11.2 Å². The lowest BCUT2D eigenvalue weighted by Gasteiger charge is -2.33. The highest BCUT2D eigenvalue weighted by Crippen LogP contribution is 2.23. The molecule has 0 radical (unpaired) electrons. The highest BCUT2D eigenvalue weighted by molar-refractivity contribution is 5.85. The predicted molar refractivity (Wildman–Crippen MR) is 118 cm³/mol. The zero-order valence-corrected chi connectivity index (χ0v) is 17.7. The van der Waals surface area contributed by atoms with E-state index >= 15 is 0 Å². The molecule has 0 spiro atoms. The van der Waals surface area contributed by atoms with Crippen LogP contribution >= 0.6 is 12.4 Å². The molecule has 0 amide bonds. The molecule has 154 valence electrons. The fourth-order valence-corrected chi connectivity index (χ4v) is 4.02. The molecule has 0 aliphatic carbocycles. The van der Waals surface area contributed by atoms with Crippen molar-refractivity contribution < 1.29 is 9.84 Å². The van der Waals surface area contributed by atoms with Crippen LogP contribution in [0.3, 0.4) is 0 Å². The van der Waals surface area contributed by atoms with Gasteiger partial charge in [0.05, 0.1) is 18.8 Å². The van der Waals surface area contributed by atoms with E-state index in [4.69, 9.17) is 4.74 Å². The number of halogens is 1. The van der Waals surface area contributed by atoms with Crippen LogP contribution in [0.15, 0.2) is 60.7 Å². The van der Waals surface area contributed by atoms with E-state index < -0.39 is 6.10 Å². The molecule has 28 heavy (non-hydrogen) atoms. The standard InChI is InChI=1S/C24H33NO2.ClH/c1-2-24(22-11-7-4-8-12-22)27-19-23(26)18-25-15-13-21(14-16-25)17-20-9-5-3-6-10-20;/h3-12,21,23-24,26H,2,13-19H2,1H3;1H. The second-order valence-corrected chi connectivity index (χ2v) is 7.73. The van der Waals surface area contributed by atoms with Gasteiger partial charge in [0, 0.05) is 6.54 Å². The summed E-state index contributed by atoms with van der Waals surface area (Å²) in [4.78, 5) is 2.39. The lowest BCUT2D eigenvalue weighted by atomic mass is 9.90. The molecule has 2 unspecified atom stereocenters. The molecule has 1 heterocycles. The zero-order chi connectivity index (χ0) is 18.9. The number of nitrogens with zero attached hydrogens (tertiary/aromatic N) is 1. The van der Waals surface area contributed by atoms with Crippen molar-refractivity contribution in [3.63, 3.8) is 0 Å². The van der Waals surface area contributed by atoms with Crippen molar-refractivity contribution in [1.82, 2.24) is 4.90 Å². The number of hydrogen-bond acceptors (Lipinski definition) is 3. The Morgan fingerprint density at radius 1 is 1.00 bits per heavy atom. The van der Waals surface area contributed by atoms with Crippen molar-refractivity contribution >= 4 is 12.4 Å². The van der Waals surface area contributed by atoms with Gasteiger partial charge in [-0.25, -0.2) is 0 Å². The highest BCUT2D eigenvalue weighted by Gasteiger charge is 2.22. The van der Waals surface area contributed by atoms with Crippen LogP contribution < -0.4 is 0 Å². The number of aliphatic hydroxyl groups is 1.